The fourth-order valence-electron chi connectivity index (χ4n) is 2.63. The van der Waals surface area contributed by atoms with Gasteiger partial charge < -0.3 is 10.1 Å². The maximum atomic E-state index is 12.1. The highest BCUT2D eigenvalue weighted by molar-refractivity contribution is 5.96. The number of ether oxygens (including phenoxy) is 1. The van der Waals surface area contributed by atoms with Crippen molar-refractivity contribution in [3.8, 4) is 0 Å². The summed E-state index contributed by atoms with van der Waals surface area (Å²) < 4.78 is 5.15. The minimum absolute atomic E-state index is 0.302. The molecule has 0 saturated heterocycles. The molecule has 0 heterocycles. The summed E-state index contributed by atoms with van der Waals surface area (Å²) in [7, 11) is 0. The molecule has 0 saturated carbocycles. The molecule has 0 unspecified atom stereocenters. The Morgan fingerprint density at radius 3 is 2.46 bits per heavy atom. The quantitative estimate of drug-likeness (QED) is 0.846. The van der Waals surface area contributed by atoms with Crippen LogP contribution in [0.25, 0.3) is 0 Å². The molecule has 1 amide bonds. The number of rotatable bonds is 5. The fraction of sp³-hybridized carbons (Fsp3) is 0.300. The normalized spacial score (nSPS) is 10.3. The lowest BCUT2D eigenvalue weighted by atomic mass is 10.1. The Morgan fingerprint density at radius 2 is 1.79 bits per heavy atom. The standard InChI is InChI=1S/C20H23NO3/c1-5-16-8-6-7-14(3)19(16)21-18(22)12-24-20(23)17-10-9-13(2)11-15(17)4/h6-11H,5,12H2,1-4H3,(H,21,22). The first kappa shape index (κ1) is 17.7. The molecule has 2 aromatic rings. The summed E-state index contributed by atoms with van der Waals surface area (Å²) in [6.45, 7) is 7.48. The van der Waals surface area contributed by atoms with Gasteiger partial charge in [-0.25, -0.2) is 4.79 Å². The summed E-state index contributed by atoms with van der Waals surface area (Å²) in [5.41, 5.74) is 5.25. The predicted octanol–water partition coefficient (Wildman–Crippen LogP) is 3.97. The minimum Gasteiger partial charge on any atom is -0.452 e. The second-order valence-corrected chi connectivity index (χ2v) is 5.91. The first-order chi connectivity index (χ1) is 11.4. The molecular formula is C20H23NO3. The molecule has 0 atom stereocenters. The van der Waals surface area contributed by atoms with Crippen LogP contribution < -0.4 is 5.32 Å². The van der Waals surface area contributed by atoms with Crippen molar-refractivity contribution in [3.63, 3.8) is 0 Å². The van der Waals surface area contributed by atoms with Gasteiger partial charge in [0, 0.05) is 5.69 Å². The molecule has 0 bridgehead atoms. The number of carbonyl (C=O) groups is 2. The Balaban J connectivity index is 2.00. The maximum absolute atomic E-state index is 12.1. The molecule has 4 heteroatoms. The topological polar surface area (TPSA) is 55.4 Å². The third-order valence-corrected chi connectivity index (χ3v) is 3.94. The van der Waals surface area contributed by atoms with Crippen molar-refractivity contribution in [1.29, 1.82) is 0 Å². The second-order valence-electron chi connectivity index (χ2n) is 5.91. The van der Waals surface area contributed by atoms with Crippen molar-refractivity contribution in [2.75, 3.05) is 11.9 Å². The third-order valence-electron chi connectivity index (χ3n) is 3.94. The highest BCUT2D eigenvalue weighted by Gasteiger charge is 2.14. The molecule has 0 aromatic heterocycles. The van der Waals surface area contributed by atoms with E-state index in [1.165, 1.54) is 0 Å². The van der Waals surface area contributed by atoms with Crippen molar-refractivity contribution < 1.29 is 14.3 Å². The Labute approximate surface area is 142 Å². The van der Waals surface area contributed by atoms with Crippen LogP contribution in [0.4, 0.5) is 5.69 Å². The van der Waals surface area contributed by atoms with Gasteiger partial charge in [-0.2, -0.15) is 0 Å². The van der Waals surface area contributed by atoms with E-state index in [1.807, 2.05) is 58.0 Å². The average molecular weight is 325 g/mol. The molecule has 24 heavy (non-hydrogen) atoms. The minimum atomic E-state index is -0.483. The van der Waals surface area contributed by atoms with Crippen LogP contribution in [0.1, 0.15) is 39.5 Å². The molecule has 0 spiro atoms. The second kappa shape index (κ2) is 7.77. The van der Waals surface area contributed by atoms with E-state index in [2.05, 4.69) is 5.32 Å². The molecular weight excluding hydrogens is 302 g/mol. The first-order valence-corrected chi connectivity index (χ1v) is 8.05. The number of aryl methyl sites for hydroxylation is 4. The van der Waals surface area contributed by atoms with Crippen molar-refractivity contribution in [3.05, 3.63) is 64.2 Å². The van der Waals surface area contributed by atoms with E-state index in [9.17, 15) is 9.59 Å². The monoisotopic (exact) mass is 325 g/mol. The van der Waals surface area contributed by atoms with Crippen LogP contribution in [0.3, 0.4) is 0 Å². The summed E-state index contributed by atoms with van der Waals surface area (Å²) in [6, 6.07) is 11.4. The molecule has 0 fully saturated rings. The molecule has 0 aliphatic rings. The summed E-state index contributed by atoms with van der Waals surface area (Å²) in [5.74, 6) is -0.819. The van der Waals surface area contributed by atoms with Crippen LogP contribution in [-0.4, -0.2) is 18.5 Å². The Bertz CT molecular complexity index is 765. The predicted molar refractivity (Wildman–Crippen MR) is 95.4 cm³/mol. The van der Waals surface area contributed by atoms with Gasteiger partial charge in [0.1, 0.15) is 0 Å². The van der Waals surface area contributed by atoms with Crippen LogP contribution in [0.15, 0.2) is 36.4 Å². The highest BCUT2D eigenvalue weighted by Crippen LogP contribution is 2.21. The van der Waals surface area contributed by atoms with E-state index in [4.69, 9.17) is 4.74 Å². The number of benzene rings is 2. The molecule has 0 aliphatic carbocycles. The van der Waals surface area contributed by atoms with Gasteiger partial charge in [0.15, 0.2) is 6.61 Å². The van der Waals surface area contributed by atoms with Crippen LogP contribution in [-0.2, 0) is 16.0 Å². The van der Waals surface area contributed by atoms with Crippen molar-refractivity contribution in [1.82, 2.24) is 0 Å². The molecule has 0 radical (unpaired) electrons. The molecule has 2 rings (SSSR count). The van der Waals surface area contributed by atoms with Crippen LogP contribution in [0.2, 0.25) is 0 Å². The van der Waals surface area contributed by atoms with E-state index in [0.717, 1.165) is 34.4 Å². The number of anilines is 1. The zero-order valence-corrected chi connectivity index (χ0v) is 14.6. The zero-order valence-electron chi connectivity index (χ0n) is 14.6. The number of hydrogen-bond donors (Lipinski definition) is 1. The summed E-state index contributed by atoms with van der Waals surface area (Å²) in [6.07, 6.45) is 0.819. The van der Waals surface area contributed by atoms with Gasteiger partial charge in [0.2, 0.25) is 0 Å². The maximum Gasteiger partial charge on any atom is 0.338 e. The molecule has 1 N–H and O–H groups in total. The van der Waals surface area contributed by atoms with Gasteiger partial charge in [-0.05, 0) is 49.9 Å². The number of hydrogen-bond acceptors (Lipinski definition) is 3. The Hall–Kier alpha value is -2.62. The third kappa shape index (κ3) is 4.22. The van der Waals surface area contributed by atoms with Crippen LogP contribution >= 0.6 is 0 Å². The number of amides is 1. The van der Waals surface area contributed by atoms with Crippen LogP contribution in [0, 0.1) is 20.8 Å². The lowest BCUT2D eigenvalue weighted by Crippen LogP contribution is -2.22. The zero-order chi connectivity index (χ0) is 17.7. The number of carbonyl (C=O) groups excluding carboxylic acids is 2. The summed E-state index contributed by atoms with van der Waals surface area (Å²) in [4.78, 5) is 24.2. The van der Waals surface area contributed by atoms with Gasteiger partial charge in [-0.3, -0.25) is 4.79 Å². The average Bonchev–Trinajstić information content (AvgIpc) is 2.54. The summed E-state index contributed by atoms with van der Waals surface area (Å²) in [5, 5.41) is 2.84. The van der Waals surface area contributed by atoms with E-state index < -0.39 is 5.97 Å². The van der Waals surface area contributed by atoms with E-state index >= 15 is 0 Å². The smallest absolute Gasteiger partial charge is 0.338 e. The van der Waals surface area contributed by atoms with Gasteiger partial charge in [-0.15, -0.1) is 0 Å². The number of para-hydroxylation sites is 1. The van der Waals surface area contributed by atoms with Crippen molar-refractivity contribution >= 4 is 17.6 Å². The van der Waals surface area contributed by atoms with E-state index in [-0.39, 0.29) is 12.5 Å². The van der Waals surface area contributed by atoms with Crippen molar-refractivity contribution in [2.24, 2.45) is 0 Å². The number of esters is 1. The Kier molecular flexibility index (Phi) is 5.74. The largest absolute Gasteiger partial charge is 0.452 e. The Morgan fingerprint density at radius 1 is 1.04 bits per heavy atom. The van der Waals surface area contributed by atoms with E-state index in [0.29, 0.717) is 5.56 Å². The van der Waals surface area contributed by atoms with E-state index in [1.54, 1.807) is 6.07 Å². The van der Waals surface area contributed by atoms with Gasteiger partial charge in [0.05, 0.1) is 5.56 Å². The van der Waals surface area contributed by atoms with Gasteiger partial charge in [-0.1, -0.05) is 42.8 Å². The molecule has 126 valence electrons. The molecule has 2 aromatic carbocycles. The molecule has 4 nitrogen and oxygen atoms in total. The first-order valence-electron chi connectivity index (χ1n) is 8.05. The van der Waals surface area contributed by atoms with Crippen molar-refractivity contribution in [2.45, 2.75) is 34.1 Å². The lowest BCUT2D eigenvalue weighted by Gasteiger charge is -2.13. The SMILES string of the molecule is CCc1cccc(C)c1NC(=O)COC(=O)c1ccc(C)cc1C. The highest BCUT2D eigenvalue weighted by atomic mass is 16.5. The van der Waals surface area contributed by atoms with Gasteiger partial charge in [0.25, 0.3) is 5.91 Å². The summed E-state index contributed by atoms with van der Waals surface area (Å²) >= 11 is 0. The van der Waals surface area contributed by atoms with Crippen LogP contribution in [0.5, 0.6) is 0 Å². The fourth-order valence-corrected chi connectivity index (χ4v) is 2.63. The number of nitrogens with one attached hydrogen (secondary N) is 1. The lowest BCUT2D eigenvalue weighted by molar-refractivity contribution is -0.119. The molecule has 0 aliphatic heterocycles. The van der Waals surface area contributed by atoms with Gasteiger partial charge >= 0.3 is 5.97 Å².